The van der Waals surface area contributed by atoms with E-state index in [2.05, 4.69) is 5.32 Å². The molecule has 2 N–H and O–H groups in total. The van der Waals surface area contributed by atoms with Crippen molar-refractivity contribution in [2.45, 2.75) is 6.10 Å². The number of nitrogens with one attached hydrogen (secondary N) is 1. The second-order valence-corrected chi connectivity index (χ2v) is 2.48. The summed E-state index contributed by atoms with van der Waals surface area (Å²) in [7, 11) is 1.89. The van der Waals surface area contributed by atoms with Crippen LogP contribution in [0.4, 0.5) is 0 Å². The largest absolute Gasteiger partial charge is 0.388 e. The minimum Gasteiger partial charge on any atom is -0.388 e. The van der Waals surface area contributed by atoms with E-state index in [1.807, 2.05) is 31.4 Å². The van der Waals surface area contributed by atoms with Gasteiger partial charge in [-0.2, -0.15) is 0 Å². The third kappa shape index (κ3) is 1.69. The number of rotatable bonds is 2. The van der Waals surface area contributed by atoms with E-state index in [0.717, 1.165) is 6.54 Å². The van der Waals surface area contributed by atoms with Gasteiger partial charge in [-0.15, -0.1) is 0 Å². The summed E-state index contributed by atoms with van der Waals surface area (Å²) in [6.45, 7) is 0.835. The second-order valence-electron chi connectivity index (χ2n) is 2.48. The zero-order chi connectivity index (χ0) is 7.40. The van der Waals surface area contributed by atoms with E-state index < -0.39 is 0 Å². The molecule has 10 heavy (non-hydrogen) atoms. The Kier molecular flexibility index (Phi) is 2.66. The Morgan fingerprint density at radius 1 is 1.40 bits per heavy atom. The molecular formula is C8H13NO. The van der Waals surface area contributed by atoms with Crippen molar-refractivity contribution in [3.8, 4) is 0 Å². The molecule has 0 amide bonds. The molecule has 2 nitrogen and oxygen atoms in total. The molecule has 2 atom stereocenters. The first-order valence-corrected chi connectivity index (χ1v) is 3.52. The Balaban J connectivity index is 2.44. The predicted octanol–water partition coefficient (Wildman–Crippen LogP) is 0.309. The molecule has 0 spiro atoms. The summed E-state index contributed by atoms with van der Waals surface area (Å²) in [6.07, 6.45) is 7.35. The van der Waals surface area contributed by atoms with E-state index >= 15 is 0 Å². The molecular weight excluding hydrogens is 126 g/mol. The molecule has 56 valence electrons. The van der Waals surface area contributed by atoms with E-state index in [1.165, 1.54) is 0 Å². The van der Waals surface area contributed by atoms with Crippen molar-refractivity contribution in [2.75, 3.05) is 13.6 Å². The van der Waals surface area contributed by atoms with Crippen LogP contribution in [0.1, 0.15) is 0 Å². The van der Waals surface area contributed by atoms with E-state index in [1.54, 1.807) is 0 Å². The van der Waals surface area contributed by atoms with Crippen LogP contribution < -0.4 is 5.32 Å². The Hall–Kier alpha value is -0.600. The summed E-state index contributed by atoms with van der Waals surface area (Å²) < 4.78 is 0. The number of hydrogen-bond acceptors (Lipinski definition) is 2. The van der Waals surface area contributed by atoms with Gasteiger partial charge in [-0.25, -0.2) is 0 Å². The van der Waals surface area contributed by atoms with Gasteiger partial charge in [-0.1, -0.05) is 24.3 Å². The third-order valence-corrected chi connectivity index (χ3v) is 1.66. The van der Waals surface area contributed by atoms with Crippen LogP contribution in [-0.2, 0) is 0 Å². The van der Waals surface area contributed by atoms with Crippen LogP contribution in [0.2, 0.25) is 0 Å². The molecule has 0 saturated heterocycles. The average Bonchev–Trinajstić information content (AvgIpc) is 1.94. The Labute approximate surface area is 61.3 Å². The van der Waals surface area contributed by atoms with E-state index in [-0.39, 0.29) is 12.0 Å². The number of aliphatic hydroxyl groups is 1. The maximum Gasteiger partial charge on any atom is 0.0798 e. The van der Waals surface area contributed by atoms with Crippen LogP contribution in [0.15, 0.2) is 24.3 Å². The molecule has 0 aromatic rings. The quantitative estimate of drug-likeness (QED) is 0.577. The summed E-state index contributed by atoms with van der Waals surface area (Å²) in [5.74, 6) is 0.245. The standard InChI is InChI=1S/C8H13NO/c1-9-6-7-4-2-3-5-8(7)10/h2-5,7-10H,6H2,1H3. The van der Waals surface area contributed by atoms with Gasteiger partial charge in [0.2, 0.25) is 0 Å². The van der Waals surface area contributed by atoms with Gasteiger partial charge < -0.3 is 10.4 Å². The molecule has 0 aromatic heterocycles. The molecule has 1 aliphatic rings. The highest BCUT2D eigenvalue weighted by Crippen LogP contribution is 2.10. The van der Waals surface area contributed by atoms with Gasteiger partial charge in [0.1, 0.15) is 0 Å². The van der Waals surface area contributed by atoms with Gasteiger partial charge >= 0.3 is 0 Å². The van der Waals surface area contributed by atoms with Crippen molar-refractivity contribution in [2.24, 2.45) is 5.92 Å². The molecule has 0 heterocycles. The summed E-state index contributed by atoms with van der Waals surface area (Å²) in [5.41, 5.74) is 0. The lowest BCUT2D eigenvalue weighted by molar-refractivity contribution is 0.174. The summed E-state index contributed by atoms with van der Waals surface area (Å²) in [5, 5.41) is 12.3. The Bertz CT molecular complexity index is 151. The molecule has 0 bridgehead atoms. The molecule has 0 aromatic carbocycles. The van der Waals surface area contributed by atoms with Crippen molar-refractivity contribution in [3.05, 3.63) is 24.3 Å². The number of hydrogen-bond donors (Lipinski definition) is 2. The maximum atomic E-state index is 9.32. The number of allylic oxidation sites excluding steroid dienone is 2. The molecule has 2 unspecified atom stereocenters. The van der Waals surface area contributed by atoms with Crippen LogP contribution in [0.25, 0.3) is 0 Å². The van der Waals surface area contributed by atoms with Crippen LogP contribution in [0.3, 0.4) is 0 Å². The first-order chi connectivity index (χ1) is 4.84. The Morgan fingerprint density at radius 3 is 2.70 bits per heavy atom. The SMILES string of the molecule is CNCC1C=CC=CC1O. The monoisotopic (exact) mass is 139 g/mol. The fourth-order valence-corrected chi connectivity index (χ4v) is 1.07. The normalized spacial score (nSPS) is 31.0. The molecule has 0 radical (unpaired) electrons. The van der Waals surface area contributed by atoms with Gasteiger partial charge in [0, 0.05) is 12.5 Å². The first-order valence-electron chi connectivity index (χ1n) is 3.52. The van der Waals surface area contributed by atoms with Crippen molar-refractivity contribution >= 4 is 0 Å². The molecule has 1 rings (SSSR count). The highest BCUT2D eigenvalue weighted by atomic mass is 16.3. The minimum absolute atomic E-state index is 0.245. The number of aliphatic hydroxyl groups excluding tert-OH is 1. The van der Waals surface area contributed by atoms with Crippen LogP contribution in [-0.4, -0.2) is 24.8 Å². The predicted molar refractivity (Wildman–Crippen MR) is 41.7 cm³/mol. The van der Waals surface area contributed by atoms with Crippen molar-refractivity contribution in [1.82, 2.24) is 5.32 Å². The summed E-state index contributed by atoms with van der Waals surface area (Å²) >= 11 is 0. The zero-order valence-electron chi connectivity index (χ0n) is 6.12. The molecule has 1 aliphatic carbocycles. The fourth-order valence-electron chi connectivity index (χ4n) is 1.07. The highest BCUT2D eigenvalue weighted by molar-refractivity contribution is 5.15. The lowest BCUT2D eigenvalue weighted by Crippen LogP contribution is -2.27. The Morgan fingerprint density at radius 2 is 2.10 bits per heavy atom. The van der Waals surface area contributed by atoms with Crippen molar-refractivity contribution < 1.29 is 5.11 Å². The second kappa shape index (κ2) is 3.54. The summed E-state index contributed by atoms with van der Waals surface area (Å²) in [4.78, 5) is 0. The molecule has 0 aliphatic heterocycles. The highest BCUT2D eigenvalue weighted by Gasteiger charge is 2.13. The van der Waals surface area contributed by atoms with Crippen LogP contribution >= 0.6 is 0 Å². The molecule has 2 heteroatoms. The molecule has 0 fully saturated rings. The minimum atomic E-state index is -0.308. The average molecular weight is 139 g/mol. The lowest BCUT2D eigenvalue weighted by Gasteiger charge is -2.18. The van der Waals surface area contributed by atoms with Crippen molar-refractivity contribution in [3.63, 3.8) is 0 Å². The van der Waals surface area contributed by atoms with Gasteiger partial charge in [0.15, 0.2) is 0 Å². The molecule has 0 saturated carbocycles. The summed E-state index contributed by atoms with van der Waals surface area (Å²) in [6, 6.07) is 0. The topological polar surface area (TPSA) is 32.3 Å². The lowest BCUT2D eigenvalue weighted by atomic mass is 9.98. The maximum absolute atomic E-state index is 9.32. The van der Waals surface area contributed by atoms with Gasteiger partial charge in [-0.3, -0.25) is 0 Å². The van der Waals surface area contributed by atoms with Crippen LogP contribution in [0, 0.1) is 5.92 Å². The third-order valence-electron chi connectivity index (χ3n) is 1.66. The van der Waals surface area contributed by atoms with E-state index in [4.69, 9.17) is 0 Å². The van der Waals surface area contributed by atoms with Crippen LogP contribution in [0.5, 0.6) is 0 Å². The van der Waals surface area contributed by atoms with Gasteiger partial charge in [0.05, 0.1) is 6.10 Å². The van der Waals surface area contributed by atoms with Gasteiger partial charge in [0.25, 0.3) is 0 Å². The fraction of sp³-hybridized carbons (Fsp3) is 0.500. The zero-order valence-corrected chi connectivity index (χ0v) is 6.12. The van der Waals surface area contributed by atoms with E-state index in [9.17, 15) is 5.11 Å². The smallest absolute Gasteiger partial charge is 0.0798 e. The van der Waals surface area contributed by atoms with Crippen molar-refractivity contribution in [1.29, 1.82) is 0 Å². The van der Waals surface area contributed by atoms with E-state index in [0.29, 0.717) is 0 Å². The first kappa shape index (κ1) is 7.51. The van der Waals surface area contributed by atoms with Gasteiger partial charge in [-0.05, 0) is 7.05 Å².